The maximum atomic E-state index is 11.2. The predicted molar refractivity (Wildman–Crippen MR) is 61.0 cm³/mol. The first kappa shape index (κ1) is 11.8. The van der Waals surface area contributed by atoms with E-state index in [9.17, 15) is 4.79 Å². The van der Waals surface area contributed by atoms with Crippen LogP contribution < -0.4 is 10.1 Å². The minimum Gasteiger partial charge on any atom is -0.479 e. The molecule has 4 nitrogen and oxygen atoms in total. The molecule has 0 heterocycles. The Balaban J connectivity index is 2.67. The van der Waals surface area contributed by atoms with Crippen LogP contribution in [-0.2, 0) is 4.79 Å². The number of carbonyl (C=O) groups is 1. The van der Waals surface area contributed by atoms with Crippen molar-refractivity contribution in [3.63, 3.8) is 0 Å². The zero-order valence-electron chi connectivity index (χ0n) is 8.93. The smallest absolute Gasteiger partial charge is 0.248 e. The van der Waals surface area contributed by atoms with Crippen molar-refractivity contribution >= 4 is 11.6 Å². The first-order chi connectivity index (χ1) is 7.76. The molecule has 0 fully saturated rings. The molecule has 4 heteroatoms. The van der Waals surface area contributed by atoms with Crippen LogP contribution in [0.15, 0.2) is 36.4 Å². The largest absolute Gasteiger partial charge is 0.479 e. The lowest BCUT2D eigenvalue weighted by molar-refractivity contribution is -0.111. The van der Waals surface area contributed by atoms with Crippen LogP contribution in [0, 0.1) is 11.3 Å². The second-order valence-corrected chi connectivity index (χ2v) is 2.96. The molecule has 1 aromatic rings. The maximum absolute atomic E-state index is 11.2. The maximum Gasteiger partial charge on any atom is 0.248 e. The van der Waals surface area contributed by atoms with Gasteiger partial charge >= 0.3 is 0 Å². The van der Waals surface area contributed by atoms with Gasteiger partial charge in [-0.05, 0) is 25.1 Å². The van der Waals surface area contributed by atoms with Crippen LogP contribution >= 0.6 is 0 Å². The molecule has 1 rings (SSSR count). The van der Waals surface area contributed by atoms with Gasteiger partial charge < -0.3 is 10.1 Å². The molecule has 0 unspecified atom stereocenters. The molecule has 0 atom stereocenters. The Labute approximate surface area is 94.1 Å². The Hall–Kier alpha value is -2.28. The molecule has 0 aliphatic heterocycles. The minimum atomic E-state index is -0.195. The highest BCUT2D eigenvalue weighted by Crippen LogP contribution is 2.17. The number of allylic oxidation sites excluding steroid dienone is 1. The molecule has 0 aromatic heterocycles. The monoisotopic (exact) mass is 216 g/mol. The normalized spacial score (nSPS) is 9.75. The standard InChI is InChI=1S/C12H12N2O2/c1-2-4-12(15)14-10-5-3-6-11(9-10)16-8-7-13/h2-6,9H,8H2,1H3,(H,14,15). The van der Waals surface area contributed by atoms with Crippen molar-refractivity contribution in [3.8, 4) is 11.8 Å². The average molecular weight is 216 g/mol. The molecule has 1 amide bonds. The topological polar surface area (TPSA) is 62.1 Å². The van der Waals surface area contributed by atoms with E-state index in [-0.39, 0.29) is 12.5 Å². The number of nitrogens with zero attached hydrogens (tertiary/aromatic N) is 1. The number of amides is 1. The summed E-state index contributed by atoms with van der Waals surface area (Å²) in [4.78, 5) is 11.2. The molecular weight excluding hydrogens is 204 g/mol. The van der Waals surface area contributed by atoms with Gasteiger partial charge in [0, 0.05) is 11.8 Å². The fourth-order valence-electron chi connectivity index (χ4n) is 1.11. The Kier molecular flexibility index (Phi) is 4.61. The van der Waals surface area contributed by atoms with Crippen LogP contribution in [0.5, 0.6) is 5.75 Å². The number of carbonyl (C=O) groups excluding carboxylic acids is 1. The van der Waals surface area contributed by atoms with Gasteiger partial charge in [-0.3, -0.25) is 4.79 Å². The zero-order valence-corrected chi connectivity index (χ0v) is 8.93. The van der Waals surface area contributed by atoms with Crippen molar-refractivity contribution in [2.75, 3.05) is 11.9 Å². The van der Waals surface area contributed by atoms with Gasteiger partial charge in [-0.15, -0.1) is 0 Å². The van der Waals surface area contributed by atoms with Crippen LogP contribution in [0.1, 0.15) is 6.92 Å². The van der Waals surface area contributed by atoms with E-state index in [4.69, 9.17) is 10.00 Å². The summed E-state index contributed by atoms with van der Waals surface area (Å²) in [6.45, 7) is 1.76. The second-order valence-electron chi connectivity index (χ2n) is 2.96. The number of ether oxygens (including phenoxy) is 1. The Morgan fingerprint density at radius 1 is 1.62 bits per heavy atom. The number of anilines is 1. The Bertz CT molecular complexity index is 433. The molecule has 0 saturated heterocycles. The van der Waals surface area contributed by atoms with E-state index < -0.39 is 0 Å². The summed E-state index contributed by atoms with van der Waals surface area (Å²) in [7, 11) is 0. The molecule has 0 saturated carbocycles. The first-order valence-electron chi connectivity index (χ1n) is 4.79. The summed E-state index contributed by atoms with van der Waals surface area (Å²) < 4.78 is 5.11. The van der Waals surface area contributed by atoms with E-state index in [1.165, 1.54) is 6.08 Å². The first-order valence-corrected chi connectivity index (χ1v) is 4.79. The third kappa shape index (κ3) is 3.84. The number of rotatable bonds is 4. The molecule has 82 valence electrons. The van der Waals surface area contributed by atoms with Gasteiger partial charge in [0.2, 0.25) is 5.91 Å². The van der Waals surface area contributed by atoms with Gasteiger partial charge in [0.1, 0.15) is 11.8 Å². The van der Waals surface area contributed by atoms with Gasteiger partial charge in [0.15, 0.2) is 6.61 Å². The van der Waals surface area contributed by atoms with Crippen LogP contribution in [0.3, 0.4) is 0 Å². The average Bonchev–Trinajstić information content (AvgIpc) is 2.27. The van der Waals surface area contributed by atoms with Crippen LogP contribution in [0.25, 0.3) is 0 Å². The summed E-state index contributed by atoms with van der Waals surface area (Å²) in [6, 6.07) is 8.76. The fraction of sp³-hybridized carbons (Fsp3) is 0.167. The molecule has 0 aliphatic carbocycles. The SMILES string of the molecule is CC=CC(=O)Nc1cccc(OCC#N)c1. The summed E-state index contributed by atoms with van der Waals surface area (Å²) in [5.41, 5.74) is 0.638. The van der Waals surface area contributed by atoms with Crippen molar-refractivity contribution in [2.45, 2.75) is 6.92 Å². The van der Waals surface area contributed by atoms with E-state index >= 15 is 0 Å². The van der Waals surface area contributed by atoms with Gasteiger partial charge in [-0.1, -0.05) is 12.1 Å². The Morgan fingerprint density at radius 2 is 2.44 bits per heavy atom. The van der Waals surface area contributed by atoms with Crippen molar-refractivity contribution < 1.29 is 9.53 Å². The van der Waals surface area contributed by atoms with Crippen molar-refractivity contribution in [2.24, 2.45) is 0 Å². The van der Waals surface area contributed by atoms with Gasteiger partial charge in [0.25, 0.3) is 0 Å². The molecule has 1 N–H and O–H groups in total. The molecule has 1 aromatic carbocycles. The zero-order chi connectivity index (χ0) is 11.8. The number of benzene rings is 1. The summed E-state index contributed by atoms with van der Waals surface area (Å²) in [5.74, 6) is 0.361. The number of hydrogen-bond acceptors (Lipinski definition) is 3. The summed E-state index contributed by atoms with van der Waals surface area (Å²) in [6.07, 6.45) is 3.09. The summed E-state index contributed by atoms with van der Waals surface area (Å²) in [5, 5.41) is 11.0. The fourth-order valence-corrected chi connectivity index (χ4v) is 1.11. The molecule has 16 heavy (non-hydrogen) atoms. The van der Waals surface area contributed by atoms with E-state index in [0.717, 1.165) is 0 Å². The summed E-state index contributed by atoms with van der Waals surface area (Å²) >= 11 is 0. The second kappa shape index (κ2) is 6.25. The highest BCUT2D eigenvalue weighted by molar-refractivity contribution is 5.99. The van der Waals surface area contributed by atoms with Crippen LogP contribution in [0.2, 0.25) is 0 Å². The van der Waals surface area contributed by atoms with Crippen LogP contribution in [-0.4, -0.2) is 12.5 Å². The molecule has 0 spiro atoms. The molecular formula is C12H12N2O2. The van der Waals surface area contributed by atoms with Crippen molar-refractivity contribution in [1.29, 1.82) is 5.26 Å². The van der Waals surface area contributed by atoms with Crippen molar-refractivity contribution in [3.05, 3.63) is 36.4 Å². The molecule has 0 aliphatic rings. The third-order valence-electron chi connectivity index (χ3n) is 1.72. The van der Waals surface area contributed by atoms with Crippen molar-refractivity contribution in [1.82, 2.24) is 0 Å². The molecule has 0 bridgehead atoms. The third-order valence-corrected chi connectivity index (χ3v) is 1.72. The quantitative estimate of drug-likeness (QED) is 0.784. The highest BCUT2D eigenvalue weighted by Gasteiger charge is 1.99. The molecule has 0 radical (unpaired) electrons. The van der Waals surface area contributed by atoms with Gasteiger partial charge in [-0.2, -0.15) is 5.26 Å². The van der Waals surface area contributed by atoms with E-state index in [0.29, 0.717) is 11.4 Å². The van der Waals surface area contributed by atoms with E-state index in [1.807, 2.05) is 6.07 Å². The lowest BCUT2D eigenvalue weighted by Gasteiger charge is -2.05. The lowest BCUT2D eigenvalue weighted by atomic mass is 10.3. The minimum absolute atomic E-state index is 0.00768. The van der Waals surface area contributed by atoms with Crippen LogP contribution in [0.4, 0.5) is 5.69 Å². The predicted octanol–water partition coefficient (Wildman–Crippen LogP) is 2.10. The van der Waals surface area contributed by atoms with E-state index in [1.54, 1.807) is 37.3 Å². The number of nitrogens with one attached hydrogen (secondary N) is 1. The highest BCUT2D eigenvalue weighted by atomic mass is 16.5. The number of hydrogen-bond donors (Lipinski definition) is 1. The van der Waals surface area contributed by atoms with Gasteiger partial charge in [0.05, 0.1) is 0 Å². The van der Waals surface area contributed by atoms with E-state index in [2.05, 4.69) is 5.32 Å². The number of nitriles is 1. The Morgan fingerprint density at radius 3 is 3.12 bits per heavy atom. The van der Waals surface area contributed by atoms with Gasteiger partial charge in [-0.25, -0.2) is 0 Å². The lowest BCUT2D eigenvalue weighted by Crippen LogP contribution is -2.07.